The largest absolute Gasteiger partial charge is 0.458 e. The van der Waals surface area contributed by atoms with E-state index in [0.717, 1.165) is 16.5 Å². The van der Waals surface area contributed by atoms with Crippen LogP contribution in [0.15, 0.2) is 29.1 Å². The molecule has 5 rings (SSSR count). The van der Waals surface area contributed by atoms with Crippen LogP contribution in [0, 0.1) is 5.41 Å². The number of hydrogen-bond donors (Lipinski definition) is 6. The third kappa shape index (κ3) is 11.1. The summed E-state index contributed by atoms with van der Waals surface area (Å²) in [6.45, 7) is 15.8. The van der Waals surface area contributed by atoms with Crippen molar-refractivity contribution in [2.75, 3.05) is 26.3 Å². The molecule has 1 aromatic carbocycles. The molecule has 2 aliphatic heterocycles. The Morgan fingerprint density at radius 1 is 0.919 bits per heavy atom. The third-order valence-electron chi connectivity index (χ3n) is 10.8. The Bertz CT molecular complexity index is 2290. The van der Waals surface area contributed by atoms with Crippen molar-refractivity contribution in [3.63, 3.8) is 0 Å². The summed E-state index contributed by atoms with van der Waals surface area (Å²) in [7, 11) is 0. The highest BCUT2D eigenvalue weighted by atomic mass is 16.6. The first-order chi connectivity index (χ1) is 29.3. The van der Waals surface area contributed by atoms with Gasteiger partial charge in [-0.05, 0) is 75.3 Å². The van der Waals surface area contributed by atoms with E-state index in [-0.39, 0.29) is 85.3 Å². The summed E-state index contributed by atoms with van der Waals surface area (Å²) in [5, 5.41) is 25.0. The van der Waals surface area contributed by atoms with Gasteiger partial charge in [-0.3, -0.25) is 24.0 Å². The molecule has 0 saturated carbocycles. The Morgan fingerprint density at radius 2 is 1.60 bits per heavy atom. The molecule has 336 valence electrons. The van der Waals surface area contributed by atoms with Crippen molar-refractivity contribution in [3.05, 3.63) is 56.9 Å². The van der Waals surface area contributed by atoms with E-state index in [2.05, 4.69) is 47.4 Å². The predicted molar refractivity (Wildman–Crippen MR) is 228 cm³/mol. The summed E-state index contributed by atoms with van der Waals surface area (Å²) in [4.78, 5) is 93.8. The number of amides is 5. The molecular weight excluding hydrogens is 803 g/mol. The summed E-state index contributed by atoms with van der Waals surface area (Å²) < 4.78 is 17.9. The smallest absolute Gasteiger partial charge is 0.412 e. The van der Waals surface area contributed by atoms with Gasteiger partial charge in [-0.25, -0.2) is 14.6 Å². The number of nitrogens with one attached hydrogen (secondary N) is 5. The van der Waals surface area contributed by atoms with E-state index in [1.807, 2.05) is 13.8 Å². The quantitative estimate of drug-likeness (QED) is 0.0625. The Morgan fingerprint density at radius 3 is 2.27 bits per heavy atom. The van der Waals surface area contributed by atoms with Gasteiger partial charge in [0.25, 0.3) is 5.56 Å². The van der Waals surface area contributed by atoms with E-state index < -0.39 is 47.5 Å². The van der Waals surface area contributed by atoms with Crippen LogP contribution in [0.1, 0.15) is 103 Å². The van der Waals surface area contributed by atoms with Crippen LogP contribution in [0.5, 0.6) is 5.75 Å². The summed E-state index contributed by atoms with van der Waals surface area (Å²) in [5.74, 6) is -2.43. The van der Waals surface area contributed by atoms with Gasteiger partial charge in [0, 0.05) is 55.1 Å². The highest BCUT2D eigenvalue weighted by Crippen LogP contribution is 2.40. The molecule has 62 heavy (non-hydrogen) atoms. The summed E-state index contributed by atoms with van der Waals surface area (Å²) in [6.07, 6.45) is 0.309. The molecule has 0 radical (unpaired) electrons. The van der Waals surface area contributed by atoms with Gasteiger partial charge >= 0.3 is 12.1 Å². The number of ether oxygens (including phenoxy) is 3. The maximum atomic E-state index is 13.6. The zero-order valence-electron chi connectivity index (χ0n) is 36.7. The van der Waals surface area contributed by atoms with E-state index in [1.54, 1.807) is 35.8 Å². The minimum atomic E-state index is -1.93. The zero-order chi connectivity index (χ0) is 45.5. The molecule has 0 saturated heterocycles. The fourth-order valence-electron chi connectivity index (χ4n) is 7.32. The van der Waals surface area contributed by atoms with Crippen molar-refractivity contribution in [1.29, 1.82) is 0 Å². The average molecular weight is 862 g/mol. The molecule has 0 spiro atoms. The standard InChI is InChI=1S/C44H59N7O11/c1-9-28-29-19-27(11-12-33(29)50-37-30(28)21-51-34(37)20-32-31(40(51)56)22-61-41(57)44(32,59)10-2)62-42(58)46-17-16-45-38(54)25(4)49-39(55)26(5)48-36(53)14-13-35(52)47-24(3)15-18-60-23-43(6,7)8/h11-12,19-20,24-26,59H,9-10,13-18,21-23H2,1-8H3,(H,45,54)(H,46,58)(H,47,52)(H,48,53)(H,49,55). The van der Waals surface area contributed by atoms with Gasteiger partial charge in [0.05, 0.1) is 35.6 Å². The van der Waals surface area contributed by atoms with Gasteiger partial charge in [0.15, 0.2) is 5.60 Å². The lowest BCUT2D eigenvalue weighted by molar-refractivity contribution is -0.172. The van der Waals surface area contributed by atoms with Gasteiger partial charge in [0.1, 0.15) is 24.4 Å². The van der Waals surface area contributed by atoms with Crippen LogP contribution in [0.25, 0.3) is 22.3 Å². The van der Waals surface area contributed by atoms with Crippen molar-refractivity contribution in [1.82, 2.24) is 36.1 Å². The Labute approximate surface area is 360 Å². The van der Waals surface area contributed by atoms with E-state index in [9.17, 15) is 38.7 Å². The fraction of sp³-hybridized carbons (Fsp3) is 0.545. The summed E-state index contributed by atoms with van der Waals surface area (Å²) >= 11 is 0. The number of nitrogens with zero attached hydrogens (tertiary/aromatic N) is 2. The molecule has 3 aromatic rings. The van der Waals surface area contributed by atoms with Crippen molar-refractivity contribution in [2.45, 2.75) is 124 Å². The first-order valence-electron chi connectivity index (χ1n) is 21.1. The van der Waals surface area contributed by atoms with Gasteiger partial charge in [-0.1, -0.05) is 34.6 Å². The monoisotopic (exact) mass is 861 g/mol. The number of fused-ring (bicyclic) bond motifs is 5. The molecule has 18 heteroatoms. The molecule has 2 aliphatic rings. The number of pyridine rings is 2. The van der Waals surface area contributed by atoms with E-state index >= 15 is 0 Å². The Hall–Kier alpha value is -5.88. The predicted octanol–water partition coefficient (Wildman–Crippen LogP) is 2.59. The second-order valence-corrected chi connectivity index (χ2v) is 17.1. The molecular formula is C44H59N7O11. The molecule has 6 N–H and O–H groups in total. The van der Waals surface area contributed by atoms with Crippen molar-refractivity contribution in [3.8, 4) is 17.1 Å². The van der Waals surface area contributed by atoms with Crippen molar-refractivity contribution < 1.29 is 48.1 Å². The molecule has 4 heterocycles. The molecule has 4 atom stereocenters. The van der Waals surface area contributed by atoms with Crippen LogP contribution in [0.4, 0.5) is 4.79 Å². The highest BCUT2D eigenvalue weighted by Gasteiger charge is 2.45. The molecule has 4 unspecified atom stereocenters. The van der Waals surface area contributed by atoms with Gasteiger partial charge in [-0.15, -0.1) is 0 Å². The van der Waals surface area contributed by atoms with E-state index in [0.29, 0.717) is 43.0 Å². The third-order valence-corrected chi connectivity index (χ3v) is 10.8. The number of carbonyl (C=O) groups excluding carboxylic acids is 6. The van der Waals surface area contributed by atoms with Crippen LogP contribution >= 0.6 is 0 Å². The number of esters is 1. The van der Waals surface area contributed by atoms with Gasteiger partial charge in [-0.2, -0.15) is 0 Å². The molecule has 0 fully saturated rings. The first-order valence-corrected chi connectivity index (χ1v) is 21.1. The minimum absolute atomic E-state index is 0.0126. The average Bonchev–Trinajstić information content (AvgIpc) is 3.58. The van der Waals surface area contributed by atoms with Crippen LogP contribution in [0.3, 0.4) is 0 Å². The fourth-order valence-corrected chi connectivity index (χ4v) is 7.32. The van der Waals surface area contributed by atoms with Crippen LogP contribution < -0.4 is 36.9 Å². The lowest BCUT2D eigenvalue weighted by Crippen LogP contribution is -2.52. The molecule has 18 nitrogen and oxygen atoms in total. The number of cyclic esters (lactones) is 1. The van der Waals surface area contributed by atoms with Gasteiger partial charge < -0.3 is 50.5 Å². The maximum absolute atomic E-state index is 13.6. The number of aromatic nitrogens is 2. The number of hydrogen-bond acceptors (Lipinski definition) is 12. The minimum Gasteiger partial charge on any atom is -0.458 e. The van der Waals surface area contributed by atoms with Crippen molar-refractivity contribution in [2.24, 2.45) is 5.41 Å². The van der Waals surface area contributed by atoms with Crippen molar-refractivity contribution >= 4 is 46.6 Å². The lowest BCUT2D eigenvalue weighted by Gasteiger charge is -2.31. The molecule has 0 aliphatic carbocycles. The maximum Gasteiger partial charge on any atom is 0.412 e. The normalized spacial score (nSPS) is 16.8. The number of aryl methyl sites for hydroxylation is 1. The van der Waals surface area contributed by atoms with E-state index in [1.165, 1.54) is 13.8 Å². The van der Waals surface area contributed by atoms with E-state index in [4.69, 9.17) is 19.2 Å². The van der Waals surface area contributed by atoms with Crippen LogP contribution in [-0.4, -0.2) is 94.8 Å². The summed E-state index contributed by atoms with van der Waals surface area (Å²) in [6, 6.07) is 4.60. The lowest BCUT2D eigenvalue weighted by atomic mass is 9.86. The van der Waals surface area contributed by atoms with Crippen LogP contribution in [-0.2, 0) is 58.6 Å². The molecule has 0 bridgehead atoms. The van der Waals surface area contributed by atoms with Crippen LogP contribution in [0.2, 0.25) is 0 Å². The number of carbonyl (C=O) groups is 6. The first kappa shape index (κ1) is 47.2. The second-order valence-electron chi connectivity index (χ2n) is 17.1. The highest BCUT2D eigenvalue weighted by molar-refractivity contribution is 5.93. The molecule has 5 amide bonds. The zero-order valence-corrected chi connectivity index (χ0v) is 36.7. The Kier molecular flexibility index (Phi) is 15.1. The number of benzene rings is 1. The SMILES string of the molecule is CCc1c2c(nc3ccc(OC(=O)NCCNC(=O)C(C)NC(=O)C(C)NC(=O)CCC(=O)NC(C)CCOCC(C)(C)C)cc13)-c1cc3c(c(=O)n1C2)COC(=O)C3(O)CC. The van der Waals surface area contributed by atoms with Gasteiger partial charge in [0.2, 0.25) is 23.6 Å². The summed E-state index contributed by atoms with van der Waals surface area (Å²) in [5.41, 5.74) is 1.60. The molecule has 2 aromatic heterocycles. The number of rotatable bonds is 18. The topological polar surface area (TPSA) is 245 Å². The second kappa shape index (κ2) is 19.9. The number of aliphatic hydroxyl groups is 1. The Balaban J connectivity index is 1.05.